The number of hydrogen-bond donors (Lipinski definition) is 1. The number of hydrogen-bond acceptors (Lipinski definition) is 3. The molecule has 3 nitrogen and oxygen atoms in total. The summed E-state index contributed by atoms with van der Waals surface area (Å²) in [6, 6.07) is 0. The second-order valence-corrected chi connectivity index (χ2v) is 8.63. The van der Waals surface area contributed by atoms with Crippen molar-refractivity contribution in [1.82, 2.24) is 0 Å². The van der Waals surface area contributed by atoms with Gasteiger partial charge in [-0.3, -0.25) is 0 Å². The molecule has 0 amide bonds. The van der Waals surface area contributed by atoms with Gasteiger partial charge in [0, 0.05) is 5.25 Å². The largest absolute Gasteiger partial charge is 0.467 e. The zero-order chi connectivity index (χ0) is 9.94. The van der Waals surface area contributed by atoms with E-state index < -0.39 is 21.3 Å². The molecule has 0 radical (unpaired) electrons. The maximum absolute atomic E-state index is 10.9. The number of halogens is 1. The fraction of sp³-hybridized carbons (Fsp3) is 0.857. The normalized spacial score (nSPS) is 18.2. The Morgan fingerprint density at radius 1 is 1.58 bits per heavy atom. The minimum Gasteiger partial charge on any atom is -0.467 e. The molecule has 0 aliphatic carbocycles. The Morgan fingerprint density at radius 3 is 2.25 bits per heavy atom. The fourth-order valence-corrected chi connectivity index (χ4v) is 1.64. The number of carbonyl (C=O) groups is 1. The maximum atomic E-state index is 10.9. The zero-order valence-corrected chi connectivity index (χ0v) is 9.28. The molecule has 0 heterocycles. The lowest BCUT2D eigenvalue weighted by molar-refractivity contribution is -0.150. The molecule has 0 aromatic rings. The number of methoxy groups -OCH3 is 1. The van der Waals surface area contributed by atoms with Gasteiger partial charge in [0.25, 0.3) is 0 Å². The molecule has 0 fully saturated rings. The van der Waals surface area contributed by atoms with Gasteiger partial charge in [-0.15, -0.1) is 0 Å². The molecule has 74 valence electrons. The summed E-state index contributed by atoms with van der Waals surface area (Å²) in [5, 5.41) is 9.13. The average Bonchev–Trinajstić information content (AvgIpc) is 1.98. The van der Waals surface area contributed by atoms with E-state index in [1.807, 2.05) is 12.5 Å². The van der Waals surface area contributed by atoms with Gasteiger partial charge in [-0.05, 0) is 12.5 Å². The molecule has 0 aromatic carbocycles. The van der Waals surface area contributed by atoms with Crippen LogP contribution in [-0.4, -0.2) is 42.1 Å². The lowest BCUT2D eigenvalue weighted by atomic mass is 10.3. The topological polar surface area (TPSA) is 46.5 Å². The molecule has 12 heavy (non-hydrogen) atoms. The van der Waals surface area contributed by atoms with Crippen LogP contribution >= 0.6 is 19.9 Å². The van der Waals surface area contributed by atoms with Crippen LogP contribution < -0.4 is 0 Å². The Kier molecular flexibility index (Phi) is 4.37. The van der Waals surface area contributed by atoms with Gasteiger partial charge >= 0.3 is 5.97 Å². The Hall–Kier alpha value is 0.0700. The highest BCUT2D eigenvalue weighted by Crippen LogP contribution is 2.51. The third kappa shape index (κ3) is 3.21. The van der Waals surface area contributed by atoms with Crippen molar-refractivity contribution in [2.24, 2.45) is 0 Å². The quantitative estimate of drug-likeness (QED) is 0.717. The van der Waals surface area contributed by atoms with E-state index in [1.165, 1.54) is 7.11 Å². The number of rotatable bonds is 3. The van der Waals surface area contributed by atoms with Crippen molar-refractivity contribution in [3.63, 3.8) is 0 Å². The molecule has 2 atom stereocenters. The Balaban J connectivity index is 4.29. The van der Waals surface area contributed by atoms with Gasteiger partial charge in [0.1, 0.15) is 0 Å². The van der Waals surface area contributed by atoms with Crippen LogP contribution in [0.2, 0.25) is 0 Å². The van der Waals surface area contributed by atoms with Gasteiger partial charge in [-0.1, -0.05) is 17.6 Å². The van der Waals surface area contributed by atoms with Gasteiger partial charge in [-0.25, -0.2) is 4.79 Å². The van der Waals surface area contributed by atoms with E-state index in [0.717, 1.165) is 0 Å². The molecule has 0 aromatic heterocycles. The molecule has 5 heteroatoms. The monoisotopic (exact) mass is 214 g/mol. The lowest BCUT2D eigenvalue weighted by Gasteiger charge is -2.32. The zero-order valence-electron chi connectivity index (χ0n) is 7.70. The van der Waals surface area contributed by atoms with E-state index in [2.05, 4.69) is 4.74 Å². The minimum atomic E-state index is -1.44. The Bertz CT molecular complexity index is 167. The summed E-state index contributed by atoms with van der Waals surface area (Å²) in [5.41, 5.74) is 0. The number of esters is 1. The summed E-state index contributed by atoms with van der Waals surface area (Å²) in [5.74, 6) is -0.622. The predicted molar refractivity (Wildman–Crippen MR) is 52.8 cm³/mol. The van der Waals surface area contributed by atoms with E-state index in [9.17, 15) is 9.90 Å². The standard InChI is InChI=1S/C7H15ClO3S/c1-5(12(3,4)8)6(9)7(10)11-2/h5-6,9H,1-4H3. The smallest absolute Gasteiger partial charge is 0.335 e. The summed E-state index contributed by atoms with van der Waals surface area (Å²) in [7, 11) is 5.80. The highest BCUT2D eigenvalue weighted by atomic mass is 35.7. The molecule has 0 aliphatic rings. The lowest BCUT2D eigenvalue weighted by Crippen LogP contribution is -2.34. The Morgan fingerprint density at radius 2 is 2.00 bits per heavy atom. The molecule has 2 unspecified atom stereocenters. The van der Waals surface area contributed by atoms with Crippen molar-refractivity contribution >= 4 is 25.9 Å². The molecule has 1 N–H and O–H groups in total. The van der Waals surface area contributed by atoms with Crippen LogP contribution in [0.25, 0.3) is 0 Å². The molecule has 0 bridgehead atoms. The number of carbonyl (C=O) groups excluding carboxylic acids is 1. The van der Waals surface area contributed by atoms with Crippen LogP contribution in [0.3, 0.4) is 0 Å². The third-order valence-electron chi connectivity index (χ3n) is 1.77. The van der Waals surface area contributed by atoms with Crippen molar-refractivity contribution < 1.29 is 14.6 Å². The SMILES string of the molecule is COC(=O)C(O)C(C)S(C)(C)Cl. The van der Waals surface area contributed by atoms with E-state index in [4.69, 9.17) is 10.7 Å². The van der Waals surface area contributed by atoms with Crippen molar-refractivity contribution in [2.75, 3.05) is 19.6 Å². The van der Waals surface area contributed by atoms with Crippen molar-refractivity contribution in [2.45, 2.75) is 18.3 Å². The van der Waals surface area contributed by atoms with Crippen LogP contribution in [0.15, 0.2) is 0 Å². The minimum absolute atomic E-state index is 0.258. The van der Waals surface area contributed by atoms with Crippen molar-refractivity contribution in [3.05, 3.63) is 0 Å². The first-order valence-corrected chi connectivity index (χ1v) is 6.82. The first-order chi connectivity index (χ1) is 5.30. The summed E-state index contributed by atoms with van der Waals surface area (Å²) in [6.07, 6.45) is 2.54. The summed E-state index contributed by atoms with van der Waals surface area (Å²) < 4.78 is 4.39. The van der Waals surface area contributed by atoms with Crippen LogP contribution in [0.4, 0.5) is 0 Å². The average molecular weight is 215 g/mol. The molecule has 0 saturated heterocycles. The van der Waals surface area contributed by atoms with Gasteiger partial charge in [0.15, 0.2) is 6.10 Å². The van der Waals surface area contributed by atoms with Crippen molar-refractivity contribution in [3.8, 4) is 0 Å². The van der Waals surface area contributed by atoms with Gasteiger partial charge in [0.05, 0.1) is 7.11 Å². The number of aliphatic hydroxyl groups excluding tert-OH is 1. The van der Waals surface area contributed by atoms with E-state index in [1.54, 1.807) is 6.92 Å². The summed E-state index contributed by atoms with van der Waals surface area (Å²) >= 11 is 0. The van der Waals surface area contributed by atoms with E-state index >= 15 is 0 Å². The molecule has 0 saturated carbocycles. The molecular weight excluding hydrogens is 200 g/mol. The highest BCUT2D eigenvalue weighted by molar-refractivity contribution is 8.50. The van der Waals surface area contributed by atoms with Gasteiger partial charge in [0.2, 0.25) is 0 Å². The van der Waals surface area contributed by atoms with Gasteiger partial charge < -0.3 is 9.84 Å². The summed E-state index contributed by atoms with van der Waals surface area (Å²) in [4.78, 5) is 10.9. The molecule has 0 spiro atoms. The molecular formula is C7H15ClO3S. The van der Waals surface area contributed by atoms with Crippen LogP contribution in [0.5, 0.6) is 0 Å². The maximum Gasteiger partial charge on any atom is 0.335 e. The first-order valence-electron chi connectivity index (χ1n) is 3.48. The summed E-state index contributed by atoms with van der Waals surface area (Å²) in [6.45, 7) is 1.74. The molecule has 0 aliphatic heterocycles. The van der Waals surface area contributed by atoms with Crippen LogP contribution in [0.1, 0.15) is 6.92 Å². The third-order valence-corrected chi connectivity index (χ3v) is 4.64. The van der Waals surface area contributed by atoms with Crippen molar-refractivity contribution in [1.29, 1.82) is 0 Å². The number of ether oxygens (including phenoxy) is 1. The fourth-order valence-electron chi connectivity index (χ4n) is 0.619. The van der Waals surface area contributed by atoms with Crippen LogP contribution in [0, 0.1) is 0 Å². The Labute approximate surface area is 78.9 Å². The predicted octanol–water partition coefficient (Wildman–Crippen LogP) is 1.13. The first kappa shape index (κ1) is 12.1. The second-order valence-electron chi connectivity index (χ2n) is 2.95. The van der Waals surface area contributed by atoms with E-state index in [-0.39, 0.29) is 5.25 Å². The number of aliphatic hydroxyl groups is 1. The highest BCUT2D eigenvalue weighted by Gasteiger charge is 2.30. The van der Waals surface area contributed by atoms with E-state index in [0.29, 0.717) is 0 Å². The molecule has 0 rings (SSSR count). The van der Waals surface area contributed by atoms with Crippen LogP contribution in [-0.2, 0) is 9.53 Å². The second kappa shape index (κ2) is 4.35. The van der Waals surface area contributed by atoms with Gasteiger partial charge in [-0.2, -0.15) is 9.24 Å².